The molecule has 0 radical (unpaired) electrons. The van der Waals surface area contributed by atoms with Gasteiger partial charge in [0, 0.05) is 18.2 Å². The smallest absolute Gasteiger partial charge is 0.255 e. The summed E-state index contributed by atoms with van der Waals surface area (Å²) in [5, 5.41) is 2.74. The summed E-state index contributed by atoms with van der Waals surface area (Å²) >= 11 is 0. The first-order chi connectivity index (χ1) is 13.9. The Kier molecular flexibility index (Phi) is 4.91. The summed E-state index contributed by atoms with van der Waals surface area (Å²) in [5.74, 6) is 0.581. The number of carbonyl (C=O) groups excluding carboxylic acids is 1. The quantitative estimate of drug-likeness (QED) is 0.502. The van der Waals surface area contributed by atoms with Gasteiger partial charge in [-0.2, -0.15) is 0 Å². The zero-order chi connectivity index (χ0) is 20.4. The number of rotatable bonds is 6. The van der Waals surface area contributed by atoms with Crippen LogP contribution in [-0.4, -0.2) is 19.3 Å². The first-order valence-electron chi connectivity index (χ1n) is 8.71. The van der Waals surface area contributed by atoms with Gasteiger partial charge in [0.15, 0.2) is 11.5 Å². The predicted octanol–water partition coefficient (Wildman–Crippen LogP) is 3.46. The first kappa shape index (κ1) is 18.9. The lowest BCUT2D eigenvalue weighted by molar-refractivity contribution is 0.102. The highest BCUT2D eigenvalue weighted by atomic mass is 32.2. The maximum Gasteiger partial charge on any atom is 0.255 e. The van der Waals surface area contributed by atoms with Crippen LogP contribution in [0.15, 0.2) is 74.6 Å². The predicted molar refractivity (Wildman–Crippen MR) is 106 cm³/mol. The fraction of sp³-hybridized carbons (Fsp3) is 0.100. The Bertz CT molecular complexity index is 1280. The van der Waals surface area contributed by atoms with Crippen molar-refractivity contribution in [3.8, 4) is 0 Å². The van der Waals surface area contributed by atoms with Crippen molar-refractivity contribution in [2.45, 2.75) is 18.4 Å². The fourth-order valence-electron chi connectivity index (χ4n) is 2.79. The van der Waals surface area contributed by atoms with Gasteiger partial charge in [0.1, 0.15) is 11.3 Å². The molecule has 9 heteroatoms. The highest BCUT2D eigenvalue weighted by Gasteiger charge is 2.17. The number of aromatic nitrogens is 1. The van der Waals surface area contributed by atoms with Gasteiger partial charge >= 0.3 is 0 Å². The second-order valence-corrected chi connectivity index (χ2v) is 8.07. The van der Waals surface area contributed by atoms with Crippen molar-refractivity contribution >= 4 is 32.7 Å². The second-order valence-electron chi connectivity index (χ2n) is 6.30. The highest BCUT2D eigenvalue weighted by molar-refractivity contribution is 7.89. The maximum atomic E-state index is 12.6. The van der Waals surface area contributed by atoms with E-state index >= 15 is 0 Å². The molecule has 0 spiro atoms. The Morgan fingerprint density at radius 3 is 2.76 bits per heavy atom. The van der Waals surface area contributed by atoms with Crippen molar-refractivity contribution in [2.75, 3.05) is 5.32 Å². The number of amides is 1. The van der Waals surface area contributed by atoms with Crippen molar-refractivity contribution in [3.63, 3.8) is 0 Å². The third-order valence-electron chi connectivity index (χ3n) is 4.18. The summed E-state index contributed by atoms with van der Waals surface area (Å²) in [4.78, 5) is 16.8. The van der Waals surface area contributed by atoms with E-state index in [1.54, 1.807) is 43.3 Å². The molecule has 0 atom stereocenters. The minimum Gasteiger partial charge on any atom is -0.468 e. The number of nitrogens with zero attached hydrogens (tertiary/aromatic N) is 1. The van der Waals surface area contributed by atoms with Crippen molar-refractivity contribution in [2.24, 2.45) is 0 Å². The molecule has 0 aliphatic rings. The van der Waals surface area contributed by atoms with Gasteiger partial charge in [-0.3, -0.25) is 4.79 Å². The van der Waals surface area contributed by atoms with E-state index in [0.29, 0.717) is 28.4 Å². The van der Waals surface area contributed by atoms with Crippen molar-refractivity contribution < 1.29 is 22.0 Å². The lowest BCUT2D eigenvalue weighted by Gasteiger charge is -2.08. The first-order valence-corrected chi connectivity index (χ1v) is 10.2. The molecule has 0 bridgehead atoms. The van der Waals surface area contributed by atoms with Crippen LogP contribution in [0.25, 0.3) is 11.1 Å². The summed E-state index contributed by atoms with van der Waals surface area (Å²) in [6.45, 7) is 1.76. The zero-order valence-corrected chi connectivity index (χ0v) is 16.2. The molecule has 1 amide bonds. The van der Waals surface area contributed by atoms with Crippen LogP contribution in [0.2, 0.25) is 0 Å². The highest BCUT2D eigenvalue weighted by Crippen LogP contribution is 2.21. The molecule has 2 aromatic carbocycles. The minimum absolute atomic E-state index is 0.0146. The fourth-order valence-corrected chi connectivity index (χ4v) is 3.83. The molecule has 2 heterocycles. The number of benzene rings is 2. The molecule has 0 aliphatic heterocycles. The van der Waals surface area contributed by atoms with E-state index in [2.05, 4.69) is 15.0 Å². The molecule has 29 heavy (non-hydrogen) atoms. The van der Waals surface area contributed by atoms with Crippen LogP contribution in [0.5, 0.6) is 0 Å². The van der Waals surface area contributed by atoms with E-state index in [-0.39, 0.29) is 17.0 Å². The van der Waals surface area contributed by atoms with Gasteiger partial charge in [-0.25, -0.2) is 18.1 Å². The normalized spacial score (nSPS) is 11.6. The number of nitrogens with one attached hydrogen (secondary N) is 2. The lowest BCUT2D eigenvalue weighted by Crippen LogP contribution is -2.23. The number of sulfonamides is 1. The Labute approximate surface area is 166 Å². The van der Waals surface area contributed by atoms with Gasteiger partial charge in [-0.15, -0.1) is 0 Å². The second kappa shape index (κ2) is 7.53. The van der Waals surface area contributed by atoms with Crippen LogP contribution in [-0.2, 0) is 16.6 Å². The molecule has 8 nitrogen and oxygen atoms in total. The van der Waals surface area contributed by atoms with Crippen LogP contribution < -0.4 is 10.0 Å². The van der Waals surface area contributed by atoms with Crippen LogP contribution >= 0.6 is 0 Å². The zero-order valence-electron chi connectivity index (χ0n) is 15.4. The van der Waals surface area contributed by atoms with E-state index in [9.17, 15) is 13.2 Å². The monoisotopic (exact) mass is 411 g/mol. The molecule has 0 fully saturated rings. The lowest BCUT2D eigenvalue weighted by atomic mass is 10.2. The van der Waals surface area contributed by atoms with E-state index in [1.165, 1.54) is 24.5 Å². The van der Waals surface area contributed by atoms with E-state index in [1.807, 2.05) is 0 Å². The van der Waals surface area contributed by atoms with Crippen molar-refractivity contribution in [1.29, 1.82) is 0 Å². The minimum atomic E-state index is -3.80. The third kappa shape index (κ3) is 4.20. The molecule has 4 rings (SSSR count). The van der Waals surface area contributed by atoms with Crippen LogP contribution in [0.1, 0.15) is 22.0 Å². The summed E-state index contributed by atoms with van der Waals surface area (Å²) in [5.41, 5.74) is 1.98. The van der Waals surface area contributed by atoms with E-state index < -0.39 is 15.9 Å². The number of fused-ring (bicyclic) bond motifs is 1. The average molecular weight is 411 g/mol. The molecule has 0 unspecified atom stereocenters. The van der Waals surface area contributed by atoms with Gasteiger partial charge < -0.3 is 14.2 Å². The van der Waals surface area contributed by atoms with Crippen LogP contribution in [0.3, 0.4) is 0 Å². The summed E-state index contributed by atoms with van der Waals surface area (Å²) < 4.78 is 38.0. The Morgan fingerprint density at radius 1 is 1.10 bits per heavy atom. The molecule has 0 saturated carbocycles. The standard InChI is InChI=1S/C20H17N3O5S/c1-13-22-18-11-15(7-8-19(18)28-13)23-20(24)14-4-2-6-17(10-14)29(25,26)21-12-16-5-3-9-27-16/h2-11,21H,12H2,1H3,(H,23,24). The topological polar surface area (TPSA) is 114 Å². The molecular formula is C20H17N3O5S. The molecule has 148 valence electrons. The molecule has 4 aromatic rings. The van der Waals surface area contributed by atoms with Crippen molar-refractivity contribution in [3.05, 3.63) is 78.1 Å². The van der Waals surface area contributed by atoms with Crippen LogP contribution in [0, 0.1) is 6.92 Å². The largest absolute Gasteiger partial charge is 0.468 e. The summed E-state index contributed by atoms with van der Waals surface area (Å²) in [6.07, 6.45) is 1.46. The molecule has 2 N–H and O–H groups in total. The van der Waals surface area contributed by atoms with Gasteiger partial charge in [0.2, 0.25) is 10.0 Å². The number of furan rings is 1. The van der Waals surface area contributed by atoms with Crippen molar-refractivity contribution in [1.82, 2.24) is 9.71 Å². The van der Waals surface area contributed by atoms with Gasteiger partial charge in [-0.05, 0) is 48.5 Å². The Hall–Kier alpha value is -3.43. The molecular weight excluding hydrogens is 394 g/mol. The number of hydrogen-bond acceptors (Lipinski definition) is 6. The summed E-state index contributed by atoms with van der Waals surface area (Å²) in [7, 11) is -3.80. The average Bonchev–Trinajstić information content (AvgIpc) is 3.35. The van der Waals surface area contributed by atoms with Gasteiger partial charge in [0.05, 0.1) is 17.7 Å². The SMILES string of the molecule is Cc1nc2cc(NC(=O)c3cccc(S(=O)(=O)NCc4ccco4)c3)ccc2o1. The number of hydrogen-bond donors (Lipinski definition) is 2. The van der Waals surface area contributed by atoms with E-state index in [0.717, 1.165) is 0 Å². The van der Waals surface area contributed by atoms with Gasteiger partial charge in [-0.1, -0.05) is 6.07 Å². The number of anilines is 1. The maximum absolute atomic E-state index is 12.6. The molecule has 2 aromatic heterocycles. The Morgan fingerprint density at radius 2 is 1.97 bits per heavy atom. The number of oxazole rings is 1. The van der Waals surface area contributed by atoms with Gasteiger partial charge in [0.25, 0.3) is 5.91 Å². The molecule has 0 aliphatic carbocycles. The Balaban J connectivity index is 1.51. The summed E-state index contributed by atoms with van der Waals surface area (Å²) in [6, 6.07) is 14.2. The number of aryl methyl sites for hydroxylation is 1. The number of carbonyl (C=O) groups is 1. The van der Waals surface area contributed by atoms with E-state index in [4.69, 9.17) is 8.83 Å². The third-order valence-corrected chi connectivity index (χ3v) is 5.57. The molecule has 0 saturated heterocycles. The van der Waals surface area contributed by atoms with Crippen LogP contribution in [0.4, 0.5) is 5.69 Å².